The van der Waals surface area contributed by atoms with Crippen LogP contribution in [0.3, 0.4) is 0 Å². The van der Waals surface area contributed by atoms with Crippen LogP contribution in [-0.2, 0) is 9.53 Å². The zero-order valence-electron chi connectivity index (χ0n) is 23.2. The lowest BCUT2D eigenvalue weighted by Crippen LogP contribution is -2.39. The molecule has 0 spiro atoms. The predicted molar refractivity (Wildman–Crippen MR) is 158 cm³/mol. The first kappa shape index (κ1) is 28.6. The van der Waals surface area contributed by atoms with Crippen molar-refractivity contribution in [3.8, 4) is 17.1 Å². The number of aromatic carboxylic acids is 1. The second kappa shape index (κ2) is 11.9. The quantitative estimate of drug-likeness (QED) is 0.225. The van der Waals surface area contributed by atoms with Gasteiger partial charge in [-0.2, -0.15) is 0 Å². The molecule has 0 aliphatic carbocycles. The molecule has 1 N–H and O–H groups in total. The second-order valence-electron chi connectivity index (χ2n) is 9.51. The minimum atomic E-state index is -1.00. The third kappa shape index (κ3) is 5.48. The van der Waals surface area contributed by atoms with Crippen molar-refractivity contribution in [2.24, 2.45) is 4.99 Å². The zero-order valence-corrected chi connectivity index (χ0v) is 24.1. The van der Waals surface area contributed by atoms with Crippen molar-refractivity contribution in [3.05, 3.63) is 121 Å². The number of furan rings is 1. The van der Waals surface area contributed by atoms with Crippen LogP contribution in [0.15, 0.2) is 92.7 Å². The van der Waals surface area contributed by atoms with Crippen molar-refractivity contribution >= 4 is 29.4 Å². The summed E-state index contributed by atoms with van der Waals surface area (Å²) < 4.78 is 18.9. The van der Waals surface area contributed by atoms with E-state index < -0.39 is 18.0 Å². The van der Waals surface area contributed by atoms with Gasteiger partial charge >= 0.3 is 11.9 Å². The van der Waals surface area contributed by atoms with Crippen molar-refractivity contribution in [3.63, 3.8) is 0 Å². The summed E-state index contributed by atoms with van der Waals surface area (Å²) in [6.45, 7) is 9.46. The Balaban J connectivity index is 1.58. The molecular formula is C32H28N2O7S. The van der Waals surface area contributed by atoms with E-state index in [0.717, 1.165) is 11.1 Å². The Morgan fingerprint density at radius 1 is 1.14 bits per heavy atom. The Hall–Kier alpha value is -4.96. The maximum Gasteiger partial charge on any atom is 0.338 e. The van der Waals surface area contributed by atoms with Gasteiger partial charge in [-0.3, -0.25) is 9.36 Å². The van der Waals surface area contributed by atoms with Crippen molar-refractivity contribution in [1.29, 1.82) is 0 Å². The lowest BCUT2D eigenvalue weighted by Gasteiger charge is -2.24. The van der Waals surface area contributed by atoms with E-state index in [0.29, 0.717) is 44.5 Å². The van der Waals surface area contributed by atoms with Gasteiger partial charge in [-0.05, 0) is 68.3 Å². The van der Waals surface area contributed by atoms with Gasteiger partial charge in [0.05, 0.1) is 34.0 Å². The van der Waals surface area contributed by atoms with Gasteiger partial charge in [0, 0.05) is 11.6 Å². The van der Waals surface area contributed by atoms with Gasteiger partial charge in [0.2, 0.25) is 0 Å². The van der Waals surface area contributed by atoms with Crippen LogP contribution < -0.4 is 19.6 Å². The molecule has 0 bridgehead atoms. The van der Waals surface area contributed by atoms with E-state index in [1.54, 1.807) is 62.4 Å². The van der Waals surface area contributed by atoms with Crippen molar-refractivity contribution in [2.45, 2.75) is 26.8 Å². The zero-order chi connectivity index (χ0) is 30.0. The fourth-order valence-corrected chi connectivity index (χ4v) is 5.81. The van der Waals surface area contributed by atoms with E-state index in [9.17, 15) is 19.5 Å². The number of carbonyl (C=O) groups is 2. The number of ether oxygens (including phenoxy) is 2. The number of thiazole rings is 1. The largest absolute Gasteiger partial charge is 0.490 e. The molecule has 42 heavy (non-hydrogen) atoms. The Morgan fingerprint density at radius 2 is 1.90 bits per heavy atom. The molecule has 0 saturated carbocycles. The molecule has 10 heteroatoms. The van der Waals surface area contributed by atoms with Crippen LogP contribution in [0.1, 0.15) is 47.1 Å². The van der Waals surface area contributed by atoms with E-state index >= 15 is 0 Å². The smallest absolute Gasteiger partial charge is 0.338 e. The van der Waals surface area contributed by atoms with Gasteiger partial charge in [0.15, 0.2) is 4.80 Å². The van der Waals surface area contributed by atoms with Crippen molar-refractivity contribution < 1.29 is 28.6 Å². The lowest BCUT2D eigenvalue weighted by molar-refractivity contribution is -0.139. The van der Waals surface area contributed by atoms with Gasteiger partial charge in [-0.25, -0.2) is 14.6 Å². The highest BCUT2D eigenvalue weighted by Gasteiger charge is 2.33. The summed E-state index contributed by atoms with van der Waals surface area (Å²) >= 11 is 1.19. The molecule has 3 heterocycles. The fraction of sp³-hybridized carbons (Fsp3) is 0.188. The number of carboxylic acid groups (broad SMARTS) is 1. The van der Waals surface area contributed by atoms with Crippen LogP contribution in [0.4, 0.5) is 0 Å². The summed E-state index contributed by atoms with van der Waals surface area (Å²) in [5, 5.41) is 9.25. The number of carboxylic acids is 1. The van der Waals surface area contributed by atoms with E-state index in [-0.39, 0.29) is 23.3 Å². The number of benzene rings is 2. The molecule has 2 aromatic heterocycles. The summed E-state index contributed by atoms with van der Waals surface area (Å²) in [7, 11) is 0. The maximum absolute atomic E-state index is 13.8. The minimum Gasteiger partial charge on any atom is -0.490 e. The van der Waals surface area contributed by atoms with Crippen molar-refractivity contribution in [2.75, 3.05) is 13.2 Å². The molecule has 0 unspecified atom stereocenters. The van der Waals surface area contributed by atoms with Crippen LogP contribution in [0.2, 0.25) is 0 Å². The Kier molecular flexibility index (Phi) is 8.08. The summed E-state index contributed by atoms with van der Waals surface area (Å²) in [5.74, 6) is 0.0757. The summed E-state index contributed by atoms with van der Waals surface area (Å²) in [5.41, 5.74) is 2.82. The molecule has 1 atom stereocenters. The maximum atomic E-state index is 13.8. The molecule has 9 nitrogen and oxygen atoms in total. The van der Waals surface area contributed by atoms with Crippen LogP contribution in [0.5, 0.6) is 5.75 Å². The van der Waals surface area contributed by atoms with Crippen LogP contribution in [-0.4, -0.2) is 34.8 Å². The summed E-state index contributed by atoms with van der Waals surface area (Å²) in [6.07, 6.45) is 3.29. The van der Waals surface area contributed by atoms with E-state index in [4.69, 9.17) is 13.9 Å². The molecule has 214 valence electrons. The number of allylic oxidation sites excluding steroid dienone is 1. The third-order valence-corrected chi connectivity index (χ3v) is 7.70. The monoisotopic (exact) mass is 584 g/mol. The highest BCUT2D eigenvalue weighted by atomic mass is 32.1. The van der Waals surface area contributed by atoms with Crippen molar-refractivity contribution in [1.82, 2.24) is 4.57 Å². The standard InChI is InChI=1S/C32H28N2O7S/c1-5-15-40-22-10-7-20(8-11-22)28-27(31(38)39-6-2)19(4)33-32-34(28)29(35)26(42-32)17-23-12-14-25(41-23)24-13-9-21(30(36)37)16-18(24)3/h5,7-14,16-17,28H,1,6,15H2,2-4H3,(H,36,37)/b26-17-/t28-/m1/s1. The lowest BCUT2D eigenvalue weighted by atomic mass is 9.96. The Bertz CT molecular complexity index is 1910. The Morgan fingerprint density at radius 3 is 2.57 bits per heavy atom. The number of nitrogens with zero attached hydrogens (tertiary/aromatic N) is 2. The normalized spacial score (nSPS) is 14.7. The molecule has 5 rings (SSSR count). The molecule has 0 fully saturated rings. The van der Waals surface area contributed by atoms with Gasteiger partial charge in [0.25, 0.3) is 5.56 Å². The third-order valence-electron chi connectivity index (χ3n) is 6.72. The number of carbonyl (C=O) groups excluding carboxylic acids is 1. The topological polar surface area (TPSA) is 120 Å². The first-order chi connectivity index (χ1) is 20.2. The van der Waals surface area contributed by atoms with Gasteiger partial charge in [0.1, 0.15) is 23.9 Å². The number of fused-ring (bicyclic) bond motifs is 1. The number of aromatic nitrogens is 1. The van der Waals surface area contributed by atoms with Crippen LogP contribution >= 0.6 is 11.3 Å². The Labute approximate surface area is 245 Å². The molecule has 1 aliphatic heterocycles. The van der Waals surface area contributed by atoms with Crippen LogP contribution in [0, 0.1) is 6.92 Å². The van der Waals surface area contributed by atoms with E-state index in [2.05, 4.69) is 11.6 Å². The highest BCUT2D eigenvalue weighted by Crippen LogP contribution is 2.32. The van der Waals surface area contributed by atoms with Crippen LogP contribution in [0.25, 0.3) is 17.4 Å². The predicted octanol–water partition coefficient (Wildman–Crippen LogP) is 4.63. The molecule has 0 radical (unpaired) electrons. The molecule has 4 aromatic rings. The number of esters is 1. The minimum absolute atomic E-state index is 0.181. The first-order valence-corrected chi connectivity index (χ1v) is 14.0. The van der Waals surface area contributed by atoms with E-state index in [1.807, 2.05) is 19.1 Å². The summed E-state index contributed by atoms with van der Waals surface area (Å²) in [6, 6.07) is 14.8. The number of hydrogen-bond acceptors (Lipinski definition) is 8. The average Bonchev–Trinajstić information content (AvgIpc) is 3.55. The number of aryl methyl sites for hydroxylation is 1. The number of hydrogen-bond donors (Lipinski definition) is 1. The first-order valence-electron chi connectivity index (χ1n) is 13.2. The van der Waals surface area contributed by atoms with Gasteiger partial charge < -0.3 is 19.0 Å². The SMILES string of the molecule is C=CCOc1ccc([C@@H]2C(C(=O)OCC)=C(C)N=c3s/c(=C\c4ccc(-c5ccc(C(=O)O)cc5C)o4)c(=O)n32)cc1. The molecular weight excluding hydrogens is 556 g/mol. The molecule has 1 aliphatic rings. The second-order valence-corrected chi connectivity index (χ2v) is 10.5. The molecule has 0 amide bonds. The highest BCUT2D eigenvalue weighted by molar-refractivity contribution is 7.07. The van der Waals surface area contributed by atoms with Gasteiger partial charge in [-0.1, -0.05) is 42.2 Å². The van der Waals surface area contributed by atoms with E-state index in [1.165, 1.54) is 22.0 Å². The van der Waals surface area contributed by atoms with Gasteiger partial charge in [-0.15, -0.1) is 0 Å². The average molecular weight is 585 g/mol. The molecule has 0 saturated heterocycles. The molecule has 2 aromatic carbocycles. The summed E-state index contributed by atoms with van der Waals surface area (Å²) in [4.78, 5) is 43.3. The fourth-order valence-electron chi connectivity index (χ4n) is 4.79. The number of rotatable bonds is 9.